The molecular formula is C11H16N2O4. The molecule has 1 atom stereocenters. The molecule has 0 aliphatic carbocycles. The number of hydrogen-bond donors (Lipinski definition) is 2. The van der Waals surface area contributed by atoms with Gasteiger partial charge in [-0.1, -0.05) is 0 Å². The van der Waals surface area contributed by atoms with Crippen LogP contribution in [0.5, 0.6) is 11.6 Å². The number of methoxy groups -OCH3 is 2. The summed E-state index contributed by atoms with van der Waals surface area (Å²) < 4.78 is 10.3. The zero-order valence-electron chi connectivity index (χ0n) is 9.84. The smallest absolute Gasteiger partial charge is 0.303 e. The Labute approximate surface area is 99.4 Å². The van der Waals surface area contributed by atoms with Gasteiger partial charge in [0.2, 0.25) is 5.88 Å². The van der Waals surface area contributed by atoms with Crippen molar-refractivity contribution in [1.29, 1.82) is 0 Å². The van der Waals surface area contributed by atoms with Gasteiger partial charge in [0.15, 0.2) is 0 Å². The molecular weight excluding hydrogens is 224 g/mol. The minimum absolute atomic E-state index is 0.0115. The highest BCUT2D eigenvalue weighted by Crippen LogP contribution is 2.32. The van der Waals surface area contributed by atoms with Crippen LogP contribution in [0.25, 0.3) is 0 Å². The molecule has 1 unspecified atom stereocenters. The molecule has 0 amide bonds. The number of carboxylic acid groups (broad SMARTS) is 1. The lowest BCUT2D eigenvalue weighted by Crippen LogP contribution is -2.15. The summed E-state index contributed by atoms with van der Waals surface area (Å²) >= 11 is 0. The van der Waals surface area contributed by atoms with Crippen LogP contribution >= 0.6 is 0 Å². The molecule has 0 saturated heterocycles. The quantitative estimate of drug-likeness (QED) is 0.769. The van der Waals surface area contributed by atoms with Crippen LogP contribution in [0.4, 0.5) is 0 Å². The van der Waals surface area contributed by atoms with E-state index in [-0.39, 0.29) is 6.42 Å². The average Bonchev–Trinajstić information content (AvgIpc) is 2.34. The van der Waals surface area contributed by atoms with Gasteiger partial charge in [0.25, 0.3) is 0 Å². The highest BCUT2D eigenvalue weighted by Gasteiger charge is 2.19. The van der Waals surface area contributed by atoms with Crippen LogP contribution in [0.1, 0.15) is 24.4 Å². The van der Waals surface area contributed by atoms with Crippen molar-refractivity contribution in [1.82, 2.24) is 4.98 Å². The number of carbonyl (C=O) groups is 1. The Hall–Kier alpha value is -1.82. The summed E-state index contributed by atoms with van der Waals surface area (Å²) in [6.45, 7) is 0. The molecule has 6 heteroatoms. The maximum Gasteiger partial charge on any atom is 0.303 e. The molecule has 1 aromatic heterocycles. The molecule has 1 heterocycles. The number of nitrogens with zero attached hydrogens (tertiary/aromatic N) is 1. The van der Waals surface area contributed by atoms with Crippen molar-refractivity contribution in [3.63, 3.8) is 0 Å². The zero-order chi connectivity index (χ0) is 12.8. The van der Waals surface area contributed by atoms with Crippen LogP contribution in [0.3, 0.4) is 0 Å². The molecule has 3 N–H and O–H groups in total. The first-order chi connectivity index (χ1) is 8.10. The predicted molar refractivity (Wildman–Crippen MR) is 61.1 cm³/mol. The van der Waals surface area contributed by atoms with Gasteiger partial charge in [-0.2, -0.15) is 0 Å². The van der Waals surface area contributed by atoms with Crippen LogP contribution in [0, 0.1) is 0 Å². The fourth-order valence-corrected chi connectivity index (χ4v) is 1.54. The van der Waals surface area contributed by atoms with Crippen molar-refractivity contribution in [3.05, 3.63) is 17.8 Å². The molecule has 0 aliphatic heterocycles. The molecule has 17 heavy (non-hydrogen) atoms. The van der Waals surface area contributed by atoms with E-state index in [0.29, 0.717) is 23.6 Å². The van der Waals surface area contributed by atoms with Crippen molar-refractivity contribution in [2.75, 3.05) is 14.2 Å². The molecule has 94 valence electrons. The third-order valence-corrected chi connectivity index (χ3v) is 2.37. The largest absolute Gasteiger partial charge is 0.496 e. The first-order valence-electron chi connectivity index (χ1n) is 5.14. The van der Waals surface area contributed by atoms with E-state index in [1.165, 1.54) is 14.2 Å². The van der Waals surface area contributed by atoms with Gasteiger partial charge in [-0.15, -0.1) is 0 Å². The average molecular weight is 240 g/mol. The maximum absolute atomic E-state index is 10.5. The molecule has 0 aromatic carbocycles. The highest BCUT2D eigenvalue weighted by molar-refractivity contribution is 5.66. The summed E-state index contributed by atoms with van der Waals surface area (Å²) in [7, 11) is 3.00. The van der Waals surface area contributed by atoms with Gasteiger partial charge in [0, 0.05) is 18.7 Å². The van der Waals surface area contributed by atoms with E-state index in [2.05, 4.69) is 4.98 Å². The van der Waals surface area contributed by atoms with E-state index in [1.54, 1.807) is 12.3 Å². The number of aromatic nitrogens is 1. The Balaban J connectivity index is 2.96. The Morgan fingerprint density at radius 1 is 1.53 bits per heavy atom. The van der Waals surface area contributed by atoms with Crippen LogP contribution in [-0.4, -0.2) is 30.3 Å². The van der Waals surface area contributed by atoms with Crippen LogP contribution in [-0.2, 0) is 4.79 Å². The molecule has 0 bridgehead atoms. The molecule has 1 rings (SSSR count). The third kappa shape index (κ3) is 3.32. The first kappa shape index (κ1) is 13.2. The van der Waals surface area contributed by atoms with Crippen LogP contribution in [0.15, 0.2) is 12.3 Å². The number of carboxylic acids is 1. The summed E-state index contributed by atoms with van der Waals surface area (Å²) in [5.74, 6) is 0.0271. The number of nitrogens with two attached hydrogens (primary N) is 1. The molecule has 0 spiro atoms. The predicted octanol–water partition coefficient (Wildman–Crippen LogP) is 0.963. The SMILES string of the molecule is COc1ccnc(OC)c1C(N)CCC(=O)O. The van der Waals surface area contributed by atoms with Crippen LogP contribution in [0.2, 0.25) is 0 Å². The second kappa shape index (κ2) is 6.05. The minimum Gasteiger partial charge on any atom is -0.496 e. The molecule has 0 saturated carbocycles. The number of rotatable bonds is 6. The zero-order valence-corrected chi connectivity index (χ0v) is 9.84. The van der Waals surface area contributed by atoms with Crippen LogP contribution < -0.4 is 15.2 Å². The number of ether oxygens (including phenoxy) is 2. The van der Waals surface area contributed by atoms with Gasteiger partial charge >= 0.3 is 5.97 Å². The van der Waals surface area contributed by atoms with Crippen molar-refractivity contribution in [2.45, 2.75) is 18.9 Å². The van der Waals surface area contributed by atoms with E-state index >= 15 is 0 Å². The van der Waals surface area contributed by atoms with Gasteiger partial charge in [-0.3, -0.25) is 4.79 Å². The molecule has 0 aliphatic rings. The second-order valence-corrected chi connectivity index (χ2v) is 3.48. The van der Waals surface area contributed by atoms with E-state index in [0.717, 1.165) is 0 Å². The van der Waals surface area contributed by atoms with Crippen molar-refractivity contribution in [2.24, 2.45) is 5.73 Å². The molecule has 0 fully saturated rings. The summed E-state index contributed by atoms with van der Waals surface area (Å²) in [5, 5.41) is 8.63. The summed E-state index contributed by atoms with van der Waals surface area (Å²) in [6, 6.07) is 1.18. The topological polar surface area (TPSA) is 94.7 Å². The molecule has 6 nitrogen and oxygen atoms in total. The fourth-order valence-electron chi connectivity index (χ4n) is 1.54. The Morgan fingerprint density at radius 2 is 2.24 bits per heavy atom. The van der Waals surface area contributed by atoms with Gasteiger partial charge in [0.05, 0.1) is 19.8 Å². The summed E-state index contributed by atoms with van der Waals surface area (Å²) in [6.07, 6.45) is 1.83. The van der Waals surface area contributed by atoms with E-state index in [9.17, 15) is 4.79 Å². The van der Waals surface area contributed by atoms with E-state index in [4.69, 9.17) is 20.3 Å². The monoisotopic (exact) mass is 240 g/mol. The Kier molecular flexibility index (Phi) is 4.71. The number of hydrogen-bond acceptors (Lipinski definition) is 5. The fraction of sp³-hybridized carbons (Fsp3) is 0.455. The molecule has 1 aromatic rings. The lowest BCUT2D eigenvalue weighted by Gasteiger charge is -2.17. The van der Waals surface area contributed by atoms with Crippen molar-refractivity contribution >= 4 is 5.97 Å². The first-order valence-corrected chi connectivity index (χ1v) is 5.14. The minimum atomic E-state index is -0.887. The van der Waals surface area contributed by atoms with Gasteiger partial charge in [0.1, 0.15) is 5.75 Å². The standard InChI is InChI=1S/C11H16N2O4/c1-16-8-5-6-13-11(17-2)10(8)7(12)3-4-9(14)15/h5-7H,3-4,12H2,1-2H3,(H,14,15). The van der Waals surface area contributed by atoms with Crippen molar-refractivity contribution in [3.8, 4) is 11.6 Å². The third-order valence-electron chi connectivity index (χ3n) is 2.37. The van der Waals surface area contributed by atoms with E-state index in [1.807, 2.05) is 0 Å². The summed E-state index contributed by atoms with van der Waals surface area (Å²) in [5.41, 5.74) is 6.53. The lowest BCUT2D eigenvalue weighted by molar-refractivity contribution is -0.137. The van der Waals surface area contributed by atoms with Crippen molar-refractivity contribution < 1.29 is 19.4 Å². The molecule has 0 radical (unpaired) electrons. The Morgan fingerprint density at radius 3 is 2.76 bits per heavy atom. The second-order valence-electron chi connectivity index (χ2n) is 3.48. The Bertz CT molecular complexity index is 373. The van der Waals surface area contributed by atoms with Gasteiger partial charge in [-0.05, 0) is 12.5 Å². The number of pyridine rings is 1. The van der Waals surface area contributed by atoms with Gasteiger partial charge in [-0.25, -0.2) is 4.98 Å². The number of aliphatic carboxylic acids is 1. The van der Waals surface area contributed by atoms with Gasteiger partial charge < -0.3 is 20.3 Å². The lowest BCUT2D eigenvalue weighted by atomic mass is 10.0. The summed E-state index contributed by atoms with van der Waals surface area (Å²) in [4.78, 5) is 14.5. The maximum atomic E-state index is 10.5. The highest BCUT2D eigenvalue weighted by atomic mass is 16.5. The van der Waals surface area contributed by atoms with E-state index < -0.39 is 12.0 Å². The normalized spacial score (nSPS) is 11.9.